The smallest absolute Gasteiger partial charge is 0.212 e. The van der Waals surface area contributed by atoms with Gasteiger partial charge in [-0.25, -0.2) is 5.43 Å². The summed E-state index contributed by atoms with van der Waals surface area (Å²) in [6, 6.07) is 15.3. The molecule has 0 fully saturated rings. The topological polar surface area (TPSA) is 48.8 Å². The summed E-state index contributed by atoms with van der Waals surface area (Å²) < 4.78 is 0. The van der Waals surface area contributed by atoms with Gasteiger partial charge in [-0.15, -0.1) is 0 Å². The molecule has 150 valence electrons. The van der Waals surface area contributed by atoms with E-state index in [-0.39, 0.29) is 5.41 Å². The minimum absolute atomic E-state index is 0.153. The normalized spacial score (nSPS) is 15.8. The van der Waals surface area contributed by atoms with E-state index in [2.05, 4.69) is 34.7 Å². The fraction of sp³-hybridized carbons (Fsp3) is 0.217. The molecule has 0 unspecified atom stereocenters. The molecule has 0 saturated carbocycles. The monoisotopic (exact) mass is 426 g/mol. The van der Waals surface area contributed by atoms with Gasteiger partial charge in [0.2, 0.25) is 5.96 Å². The lowest BCUT2D eigenvalue weighted by Crippen LogP contribution is -2.46. The molecule has 2 aromatic rings. The first-order valence-electron chi connectivity index (χ1n) is 9.39. The number of rotatable bonds is 5. The number of hydrogen-bond acceptors (Lipinski definition) is 4. The Morgan fingerprint density at radius 1 is 0.966 bits per heavy atom. The van der Waals surface area contributed by atoms with Crippen molar-refractivity contribution in [3.63, 3.8) is 0 Å². The molecule has 1 aliphatic rings. The highest BCUT2D eigenvalue weighted by atomic mass is 35.5. The molecular formula is C23H24Cl2N4. The zero-order valence-corrected chi connectivity index (χ0v) is 18.0. The molecule has 6 heteroatoms. The van der Waals surface area contributed by atoms with E-state index in [4.69, 9.17) is 23.2 Å². The van der Waals surface area contributed by atoms with Crippen LogP contribution >= 0.6 is 23.2 Å². The molecule has 0 amide bonds. The lowest BCUT2D eigenvalue weighted by atomic mass is 9.93. The predicted octanol–water partition coefficient (Wildman–Crippen LogP) is 5.65. The molecule has 3 rings (SSSR count). The molecule has 1 aliphatic heterocycles. The van der Waals surface area contributed by atoms with Crippen LogP contribution in [0.3, 0.4) is 0 Å². The molecule has 0 bridgehead atoms. The van der Waals surface area contributed by atoms with Gasteiger partial charge in [0, 0.05) is 28.5 Å². The maximum Gasteiger partial charge on any atom is 0.212 e. The first-order valence-corrected chi connectivity index (χ1v) is 10.1. The highest BCUT2D eigenvalue weighted by Gasteiger charge is 2.21. The Bertz CT molecular complexity index is 882. The van der Waals surface area contributed by atoms with Crippen LogP contribution in [0.2, 0.25) is 10.0 Å². The molecule has 0 saturated heterocycles. The first kappa shape index (κ1) is 21.2. The van der Waals surface area contributed by atoms with E-state index in [9.17, 15) is 0 Å². The Morgan fingerprint density at radius 2 is 1.48 bits per heavy atom. The number of aliphatic imine (C=N–C) groups is 1. The van der Waals surface area contributed by atoms with Crippen molar-refractivity contribution < 1.29 is 0 Å². The predicted molar refractivity (Wildman–Crippen MR) is 126 cm³/mol. The zero-order chi connectivity index (χ0) is 20.7. The summed E-state index contributed by atoms with van der Waals surface area (Å²) >= 11 is 11.9. The molecule has 0 atom stereocenters. The largest absolute Gasteiger partial charge is 0.354 e. The minimum atomic E-state index is 0.153. The van der Waals surface area contributed by atoms with Crippen molar-refractivity contribution in [3.05, 3.63) is 81.9 Å². The standard InChI is InChI=1S/C23H24Cl2N4/c1-23(2)15-26-22(27-16-23)29-28-21(13-7-17-3-9-19(24)10-4-17)14-8-18-5-11-20(25)12-6-18/h3-14H,15-16H2,1-2H3,(H2,26,27,29)/b13-7+,14-8+. The number of allylic oxidation sites excluding steroid dienone is 2. The van der Waals surface area contributed by atoms with E-state index in [1.165, 1.54) is 0 Å². The van der Waals surface area contributed by atoms with Crippen LogP contribution < -0.4 is 10.7 Å². The van der Waals surface area contributed by atoms with Crippen LogP contribution in [0.5, 0.6) is 0 Å². The van der Waals surface area contributed by atoms with Crippen LogP contribution in [0.1, 0.15) is 25.0 Å². The molecule has 4 nitrogen and oxygen atoms in total. The van der Waals surface area contributed by atoms with Crippen molar-refractivity contribution in [2.24, 2.45) is 15.5 Å². The Balaban J connectivity index is 1.77. The quantitative estimate of drug-likeness (QED) is 0.479. The SMILES string of the molecule is CC1(C)CN=C(NN=C(/C=C/c2ccc(Cl)cc2)/C=C/c2ccc(Cl)cc2)NC1. The summed E-state index contributed by atoms with van der Waals surface area (Å²) in [6.07, 6.45) is 7.86. The molecule has 29 heavy (non-hydrogen) atoms. The van der Waals surface area contributed by atoms with Gasteiger partial charge < -0.3 is 5.32 Å². The Hall–Kier alpha value is -2.56. The maximum atomic E-state index is 5.96. The van der Waals surface area contributed by atoms with Gasteiger partial charge >= 0.3 is 0 Å². The van der Waals surface area contributed by atoms with Gasteiger partial charge in [-0.1, -0.05) is 73.5 Å². The number of benzene rings is 2. The summed E-state index contributed by atoms with van der Waals surface area (Å²) in [5.41, 5.74) is 6.02. The fourth-order valence-corrected chi connectivity index (χ4v) is 2.81. The number of halogens is 2. The zero-order valence-electron chi connectivity index (χ0n) is 16.5. The number of guanidine groups is 1. The summed E-state index contributed by atoms with van der Waals surface area (Å²) in [5.74, 6) is 0.682. The van der Waals surface area contributed by atoms with Crippen LogP contribution in [0.15, 0.2) is 70.8 Å². The van der Waals surface area contributed by atoms with E-state index in [1.54, 1.807) is 0 Å². The van der Waals surface area contributed by atoms with Gasteiger partial charge in [0.1, 0.15) is 0 Å². The van der Waals surface area contributed by atoms with Crippen LogP contribution in [-0.4, -0.2) is 24.8 Å². The lowest BCUT2D eigenvalue weighted by molar-refractivity contribution is 0.358. The molecule has 0 radical (unpaired) electrons. The molecule has 0 aromatic heterocycles. The van der Waals surface area contributed by atoms with E-state index >= 15 is 0 Å². The van der Waals surface area contributed by atoms with E-state index in [1.807, 2.05) is 72.8 Å². The van der Waals surface area contributed by atoms with Crippen LogP contribution in [0, 0.1) is 5.41 Å². The molecule has 2 aromatic carbocycles. The third kappa shape index (κ3) is 7.08. The van der Waals surface area contributed by atoms with Gasteiger partial charge in [-0.2, -0.15) is 5.10 Å². The second kappa shape index (κ2) is 9.77. The molecule has 0 spiro atoms. The summed E-state index contributed by atoms with van der Waals surface area (Å²) in [4.78, 5) is 4.52. The van der Waals surface area contributed by atoms with Crippen molar-refractivity contribution in [1.29, 1.82) is 0 Å². The van der Waals surface area contributed by atoms with Crippen LogP contribution in [-0.2, 0) is 0 Å². The van der Waals surface area contributed by atoms with Crippen molar-refractivity contribution in [3.8, 4) is 0 Å². The van der Waals surface area contributed by atoms with Crippen molar-refractivity contribution in [2.75, 3.05) is 13.1 Å². The average molecular weight is 427 g/mol. The van der Waals surface area contributed by atoms with Crippen molar-refractivity contribution >= 4 is 47.0 Å². The Labute approximate surface area is 182 Å². The third-order valence-electron chi connectivity index (χ3n) is 4.32. The highest BCUT2D eigenvalue weighted by molar-refractivity contribution is 6.30. The van der Waals surface area contributed by atoms with Crippen molar-refractivity contribution in [1.82, 2.24) is 10.7 Å². The Morgan fingerprint density at radius 3 is 1.93 bits per heavy atom. The van der Waals surface area contributed by atoms with Gasteiger partial charge in [-0.05, 0) is 47.5 Å². The van der Waals surface area contributed by atoms with Gasteiger partial charge in [0.05, 0.1) is 5.71 Å². The fourth-order valence-electron chi connectivity index (χ4n) is 2.56. The molecule has 2 N–H and O–H groups in total. The lowest BCUT2D eigenvalue weighted by Gasteiger charge is -2.28. The number of nitrogens with zero attached hydrogens (tertiary/aromatic N) is 2. The summed E-state index contributed by atoms with van der Waals surface area (Å²) in [7, 11) is 0. The summed E-state index contributed by atoms with van der Waals surface area (Å²) in [6.45, 7) is 5.97. The van der Waals surface area contributed by atoms with E-state index in [0.717, 1.165) is 29.9 Å². The second-order valence-electron chi connectivity index (χ2n) is 7.60. The van der Waals surface area contributed by atoms with Crippen LogP contribution in [0.4, 0.5) is 0 Å². The summed E-state index contributed by atoms with van der Waals surface area (Å²) in [5, 5.41) is 9.21. The number of hydrazone groups is 1. The van der Waals surface area contributed by atoms with Crippen LogP contribution in [0.25, 0.3) is 12.2 Å². The van der Waals surface area contributed by atoms with E-state index < -0.39 is 0 Å². The first-order chi connectivity index (χ1) is 13.9. The highest BCUT2D eigenvalue weighted by Crippen LogP contribution is 2.16. The number of hydrogen-bond donors (Lipinski definition) is 2. The van der Waals surface area contributed by atoms with Gasteiger partial charge in [0.15, 0.2) is 0 Å². The van der Waals surface area contributed by atoms with Gasteiger partial charge in [-0.3, -0.25) is 4.99 Å². The molecular weight excluding hydrogens is 403 g/mol. The number of nitrogens with one attached hydrogen (secondary N) is 2. The maximum absolute atomic E-state index is 5.96. The molecule has 1 heterocycles. The molecule has 0 aliphatic carbocycles. The second-order valence-corrected chi connectivity index (χ2v) is 8.47. The van der Waals surface area contributed by atoms with Gasteiger partial charge in [0.25, 0.3) is 0 Å². The van der Waals surface area contributed by atoms with Crippen molar-refractivity contribution in [2.45, 2.75) is 13.8 Å². The third-order valence-corrected chi connectivity index (χ3v) is 4.83. The average Bonchev–Trinajstić information content (AvgIpc) is 2.71. The Kier molecular flexibility index (Phi) is 7.13. The minimum Gasteiger partial charge on any atom is -0.354 e. The van der Waals surface area contributed by atoms with E-state index in [0.29, 0.717) is 16.0 Å².